The van der Waals surface area contributed by atoms with E-state index in [1.807, 2.05) is 60.8 Å². The summed E-state index contributed by atoms with van der Waals surface area (Å²) < 4.78 is 0. The van der Waals surface area contributed by atoms with Crippen LogP contribution >= 0.6 is 0 Å². The first-order valence-corrected chi connectivity index (χ1v) is 19.6. The minimum Gasteiger partial charge on any atom is -0.300 e. The number of benzene rings is 9. The quantitative estimate of drug-likeness (QED) is 0.159. The van der Waals surface area contributed by atoms with Gasteiger partial charge in [-0.1, -0.05) is 196 Å². The first kappa shape index (κ1) is 34.3. The summed E-state index contributed by atoms with van der Waals surface area (Å²) in [7, 11) is 0. The van der Waals surface area contributed by atoms with Gasteiger partial charge in [0.1, 0.15) is 0 Å². The maximum absolute atomic E-state index is 9.24. The lowest BCUT2D eigenvalue weighted by molar-refractivity contribution is 0.666. The number of nitrogens with one attached hydrogen (secondary N) is 1. The topological polar surface area (TPSA) is 36.2 Å². The Morgan fingerprint density at radius 2 is 1.14 bits per heavy atom. The first-order valence-electron chi connectivity index (χ1n) is 19.6. The van der Waals surface area contributed by atoms with E-state index >= 15 is 0 Å². The Morgan fingerprint density at radius 1 is 0.509 bits per heavy atom. The summed E-state index contributed by atoms with van der Waals surface area (Å²) in [6, 6.07) is 66.8. The highest BCUT2D eigenvalue weighted by Crippen LogP contribution is 2.54. The van der Waals surface area contributed by atoms with Crippen LogP contribution in [-0.4, -0.2) is 11.9 Å². The van der Waals surface area contributed by atoms with Crippen LogP contribution < -0.4 is 0 Å². The van der Waals surface area contributed by atoms with Crippen LogP contribution in [0.4, 0.5) is 0 Å². The number of rotatable bonds is 7. The predicted octanol–water partition coefficient (Wildman–Crippen LogP) is 14.3. The van der Waals surface area contributed by atoms with Crippen LogP contribution in [-0.2, 0) is 5.41 Å². The molecule has 0 bridgehead atoms. The fourth-order valence-electron chi connectivity index (χ4n) is 8.94. The molecule has 0 radical (unpaired) electrons. The molecular formula is C55H40N2. The van der Waals surface area contributed by atoms with Gasteiger partial charge in [-0.3, -0.25) is 4.99 Å². The lowest BCUT2D eigenvalue weighted by Gasteiger charge is -2.23. The van der Waals surface area contributed by atoms with Crippen molar-refractivity contribution in [2.45, 2.75) is 19.3 Å². The number of nitrogens with zero attached hydrogens (tertiary/aromatic N) is 1. The number of aliphatic imine (C=N–C) groups is 1. The van der Waals surface area contributed by atoms with E-state index in [1.165, 1.54) is 44.2 Å². The monoisotopic (exact) mass is 728 g/mol. The molecule has 0 saturated heterocycles. The molecule has 0 atom stereocenters. The molecule has 0 heterocycles. The summed E-state index contributed by atoms with van der Waals surface area (Å²) in [5.41, 5.74) is 14.2. The standard InChI is InChI=1S/C55H40N2/c1-55(2)50-22-12-21-44(53(50)49-30-29-38-16-8-9-18-45(38)54(49)55)40-26-24-39(25-27-40)43-31-32-48(47-20-11-10-19-46(43)47)52(57-35-36-13-4-3-5-14-36)34-51(56)42-28-23-37-15-6-7-17-41(37)33-42/h3-35,56H,1-2H3/b52-34-,56-51?,57-35?. The maximum atomic E-state index is 9.24. The summed E-state index contributed by atoms with van der Waals surface area (Å²) in [4.78, 5) is 5.06. The lowest BCUT2D eigenvalue weighted by atomic mass is 9.80. The predicted molar refractivity (Wildman–Crippen MR) is 243 cm³/mol. The molecule has 2 heteroatoms. The third kappa shape index (κ3) is 5.98. The number of fused-ring (bicyclic) bond motifs is 7. The number of hydrogen-bond acceptors (Lipinski definition) is 2. The summed E-state index contributed by atoms with van der Waals surface area (Å²) in [5.74, 6) is 0. The average molecular weight is 729 g/mol. The van der Waals surface area contributed by atoms with Gasteiger partial charge in [-0.25, -0.2) is 0 Å². The molecule has 1 aliphatic rings. The second-order valence-electron chi connectivity index (χ2n) is 15.5. The molecule has 1 aliphatic carbocycles. The fraction of sp³-hybridized carbons (Fsp3) is 0.0545. The van der Waals surface area contributed by atoms with Crippen molar-refractivity contribution in [1.82, 2.24) is 0 Å². The lowest BCUT2D eigenvalue weighted by Crippen LogP contribution is -2.15. The van der Waals surface area contributed by atoms with Crippen molar-refractivity contribution in [2.24, 2.45) is 4.99 Å². The van der Waals surface area contributed by atoms with Gasteiger partial charge in [0.15, 0.2) is 0 Å². The van der Waals surface area contributed by atoms with E-state index in [2.05, 4.69) is 153 Å². The molecule has 9 aromatic rings. The second kappa shape index (κ2) is 13.8. The molecular weight excluding hydrogens is 689 g/mol. The summed E-state index contributed by atoms with van der Waals surface area (Å²) >= 11 is 0. The van der Waals surface area contributed by atoms with Gasteiger partial charge in [0, 0.05) is 22.8 Å². The zero-order valence-electron chi connectivity index (χ0n) is 32.0. The highest BCUT2D eigenvalue weighted by Gasteiger charge is 2.38. The highest BCUT2D eigenvalue weighted by molar-refractivity contribution is 6.14. The van der Waals surface area contributed by atoms with Crippen LogP contribution in [0, 0.1) is 5.41 Å². The molecule has 0 unspecified atom stereocenters. The van der Waals surface area contributed by atoms with Crippen LogP contribution in [0.1, 0.15) is 41.7 Å². The van der Waals surface area contributed by atoms with E-state index in [1.54, 1.807) is 0 Å². The molecule has 9 aromatic carbocycles. The third-order valence-corrected chi connectivity index (χ3v) is 11.8. The van der Waals surface area contributed by atoms with Crippen LogP contribution in [0.2, 0.25) is 0 Å². The molecule has 0 amide bonds. The molecule has 57 heavy (non-hydrogen) atoms. The normalized spacial score (nSPS) is 13.3. The Balaban J connectivity index is 1.05. The Hall–Kier alpha value is -7.16. The average Bonchev–Trinajstić information content (AvgIpc) is 3.51. The Labute approximate surface area is 333 Å². The van der Waals surface area contributed by atoms with Gasteiger partial charge in [0.2, 0.25) is 0 Å². The van der Waals surface area contributed by atoms with E-state index in [-0.39, 0.29) is 5.41 Å². The molecule has 0 fully saturated rings. The Kier molecular flexibility index (Phi) is 8.34. The minimum absolute atomic E-state index is 0.103. The van der Waals surface area contributed by atoms with Gasteiger partial charge < -0.3 is 5.41 Å². The van der Waals surface area contributed by atoms with Gasteiger partial charge in [-0.2, -0.15) is 0 Å². The first-order chi connectivity index (χ1) is 27.9. The van der Waals surface area contributed by atoms with Crippen LogP contribution in [0.25, 0.3) is 71.4 Å². The molecule has 0 aromatic heterocycles. The summed E-state index contributed by atoms with van der Waals surface area (Å²) in [5, 5.41) is 16.4. The van der Waals surface area contributed by atoms with E-state index in [9.17, 15) is 5.41 Å². The molecule has 2 nitrogen and oxygen atoms in total. The zero-order valence-corrected chi connectivity index (χ0v) is 32.0. The van der Waals surface area contributed by atoms with Gasteiger partial charge in [0.25, 0.3) is 0 Å². The van der Waals surface area contributed by atoms with Gasteiger partial charge in [-0.05, 0) is 94.5 Å². The Morgan fingerprint density at radius 3 is 1.93 bits per heavy atom. The fourth-order valence-corrected chi connectivity index (χ4v) is 8.94. The minimum atomic E-state index is -0.103. The SMILES string of the molecule is CC1(C)c2cccc(-c3ccc(-c4ccc(/C(=C/C(=N)c5ccc6ccccc6c5)N=Cc5ccccc5)c5ccccc45)cc3)c2-c2ccc3ccccc3c21. The second-order valence-corrected chi connectivity index (χ2v) is 15.5. The third-order valence-electron chi connectivity index (χ3n) is 11.8. The van der Waals surface area contributed by atoms with Crippen molar-refractivity contribution in [3.05, 3.63) is 222 Å². The van der Waals surface area contributed by atoms with Crippen LogP contribution in [0.3, 0.4) is 0 Å². The van der Waals surface area contributed by atoms with Crippen LogP contribution in [0.15, 0.2) is 199 Å². The van der Waals surface area contributed by atoms with E-state index in [0.29, 0.717) is 5.71 Å². The van der Waals surface area contributed by atoms with E-state index in [4.69, 9.17) is 4.99 Å². The van der Waals surface area contributed by atoms with Crippen molar-refractivity contribution in [2.75, 3.05) is 0 Å². The molecule has 0 spiro atoms. The van der Waals surface area contributed by atoms with Crippen molar-refractivity contribution in [3.63, 3.8) is 0 Å². The van der Waals surface area contributed by atoms with Gasteiger partial charge in [0.05, 0.1) is 11.4 Å². The molecule has 270 valence electrons. The molecule has 0 aliphatic heterocycles. The molecule has 0 saturated carbocycles. The zero-order chi connectivity index (χ0) is 38.5. The highest BCUT2D eigenvalue weighted by atomic mass is 14.7. The van der Waals surface area contributed by atoms with Crippen LogP contribution in [0.5, 0.6) is 0 Å². The van der Waals surface area contributed by atoms with Crippen molar-refractivity contribution < 1.29 is 0 Å². The molecule has 1 N–H and O–H groups in total. The summed E-state index contributed by atoms with van der Waals surface area (Å²) in [6.45, 7) is 4.73. The number of hydrogen-bond donors (Lipinski definition) is 1. The maximum Gasteiger partial charge on any atom is 0.0729 e. The summed E-state index contributed by atoms with van der Waals surface area (Å²) in [6.07, 6.45) is 3.80. The smallest absolute Gasteiger partial charge is 0.0729 e. The largest absolute Gasteiger partial charge is 0.300 e. The Bertz CT molecular complexity index is 3090. The van der Waals surface area contributed by atoms with Gasteiger partial charge >= 0.3 is 0 Å². The molecule has 10 rings (SSSR count). The van der Waals surface area contributed by atoms with Crippen molar-refractivity contribution >= 4 is 49.9 Å². The van der Waals surface area contributed by atoms with E-state index in [0.717, 1.165) is 55.1 Å². The number of allylic oxidation sites excluding steroid dienone is 1. The van der Waals surface area contributed by atoms with E-state index < -0.39 is 0 Å². The van der Waals surface area contributed by atoms with Crippen molar-refractivity contribution in [1.29, 1.82) is 5.41 Å². The van der Waals surface area contributed by atoms with Crippen molar-refractivity contribution in [3.8, 4) is 33.4 Å². The van der Waals surface area contributed by atoms with Gasteiger partial charge in [-0.15, -0.1) is 0 Å².